The first-order chi connectivity index (χ1) is 9.83. The highest BCUT2D eigenvalue weighted by atomic mass is 32.2. The second kappa shape index (κ2) is 6.17. The topological polar surface area (TPSA) is 52.5 Å². The van der Waals surface area contributed by atoms with Crippen LogP contribution in [0.5, 0.6) is 11.5 Å². The van der Waals surface area contributed by atoms with Gasteiger partial charge < -0.3 is 15.5 Å². The minimum Gasteiger partial charge on any atom is -0.508 e. The SMILES string of the molecule is Oc1ccc(CNc2ccc(SC(F)(F)F)cc2)c(O)c1. The average Bonchev–Trinajstić information content (AvgIpc) is 2.38. The Labute approximate surface area is 123 Å². The zero-order chi connectivity index (χ0) is 15.5. The van der Waals surface area contributed by atoms with Crippen LogP contribution in [0, 0.1) is 0 Å². The molecule has 0 aliphatic heterocycles. The standard InChI is InChI=1S/C14H12F3NO2S/c15-14(16,17)21-12-5-2-10(3-6-12)18-8-9-1-4-11(19)7-13(9)20/h1-7,18-20H,8H2. The maximum Gasteiger partial charge on any atom is 0.446 e. The second-order valence-electron chi connectivity index (χ2n) is 4.24. The molecule has 21 heavy (non-hydrogen) atoms. The fraction of sp³-hybridized carbons (Fsp3) is 0.143. The maximum absolute atomic E-state index is 12.2. The van der Waals surface area contributed by atoms with E-state index in [0.717, 1.165) is 0 Å². The monoisotopic (exact) mass is 315 g/mol. The number of anilines is 1. The Kier molecular flexibility index (Phi) is 4.52. The summed E-state index contributed by atoms with van der Waals surface area (Å²) < 4.78 is 36.6. The van der Waals surface area contributed by atoms with E-state index in [0.29, 0.717) is 11.3 Å². The number of hydrogen-bond acceptors (Lipinski definition) is 4. The Morgan fingerprint density at radius 1 is 1.00 bits per heavy atom. The highest BCUT2D eigenvalue weighted by Gasteiger charge is 2.28. The highest BCUT2D eigenvalue weighted by molar-refractivity contribution is 8.00. The number of nitrogens with one attached hydrogen (secondary N) is 1. The molecule has 0 fully saturated rings. The number of hydrogen-bond donors (Lipinski definition) is 3. The predicted molar refractivity (Wildman–Crippen MR) is 75.5 cm³/mol. The van der Waals surface area contributed by atoms with Crippen LogP contribution in [0.15, 0.2) is 47.4 Å². The normalized spacial score (nSPS) is 11.4. The minimum atomic E-state index is -4.30. The van der Waals surface area contributed by atoms with Gasteiger partial charge in [-0.3, -0.25) is 0 Å². The van der Waals surface area contributed by atoms with Gasteiger partial charge in [0.1, 0.15) is 11.5 Å². The summed E-state index contributed by atoms with van der Waals surface area (Å²) in [6.45, 7) is 0.290. The quantitative estimate of drug-likeness (QED) is 0.735. The van der Waals surface area contributed by atoms with Crippen LogP contribution >= 0.6 is 11.8 Å². The Bertz CT molecular complexity index is 615. The minimum absolute atomic E-state index is 0.0372. The van der Waals surface area contributed by atoms with Gasteiger partial charge in [0.05, 0.1) is 0 Å². The maximum atomic E-state index is 12.2. The molecule has 0 aliphatic carbocycles. The first-order valence-corrected chi connectivity index (χ1v) is 6.76. The number of phenols is 2. The molecule has 0 saturated carbocycles. The van der Waals surface area contributed by atoms with E-state index in [9.17, 15) is 23.4 Å². The van der Waals surface area contributed by atoms with Crippen LogP contribution in [0.3, 0.4) is 0 Å². The molecule has 0 heterocycles. The lowest BCUT2D eigenvalue weighted by Gasteiger charge is -2.10. The average molecular weight is 315 g/mol. The zero-order valence-corrected chi connectivity index (χ0v) is 11.5. The number of phenolic OH excluding ortho intramolecular Hbond substituents is 2. The number of aromatic hydroxyl groups is 2. The molecular formula is C14H12F3NO2S. The van der Waals surface area contributed by atoms with Crippen molar-refractivity contribution < 1.29 is 23.4 Å². The van der Waals surface area contributed by atoms with Crippen molar-refractivity contribution in [1.29, 1.82) is 0 Å². The Hall–Kier alpha value is -2.02. The van der Waals surface area contributed by atoms with E-state index in [1.54, 1.807) is 6.07 Å². The molecule has 0 atom stereocenters. The fourth-order valence-corrected chi connectivity index (χ4v) is 2.21. The molecule has 2 rings (SSSR count). The van der Waals surface area contributed by atoms with Gasteiger partial charge in [0.15, 0.2) is 0 Å². The molecule has 2 aromatic carbocycles. The van der Waals surface area contributed by atoms with E-state index in [1.807, 2.05) is 0 Å². The molecule has 0 aliphatic rings. The van der Waals surface area contributed by atoms with Gasteiger partial charge in [0.25, 0.3) is 0 Å². The molecule has 0 unspecified atom stereocenters. The van der Waals surface area contributed by atoms with Gasteiger partial charge in [0, 0.05) is 28.8 Å². The number of halogens is 3. The van der Waals surface area contributed by atoms with Crippen molar-refractivity contribution in [3.8, 4) is 11.5 Å². The first kappa shape index (κ1) is 15.4. The van der Waals surface area contributed by atoms with Crippen molar-refractivity contribution in [1.82, 2.24) is 0 Å². The van der Waals surface area contributed by atoms with Gasteiger partial charge in [-0.1, -0.05) is 0 Å². The molecule has 0 spiro atoms. The summed E-state index contributed by atoms with van der Waals surface area (Å²) >= 11 is -0.168. The Balaban J connectivity index is 1.97. The summed E-state index contributed by atoms with van der Waals surface area (Å²) in [5.74, 6) is -0.0866. The van der Waals surface area contributed by atoms with Crippen molar-refractivity contribution in [2.24, 2.45) is 0 Å². The first-order valence-electron chi connectivity index (χ1n) is 5.94. The zero-order valence-electron chi connectivity index (χ0n) is 10.7. The molecule has 0 aromatic heterocycles. The van der Waals surface area contributed by atoms with E-state index in [4.69, 9.17) is 0 Å². The third kappa shape index (κ3) is 4.78. The van der Waals surface area contributed by atoms with Gasteiger partial charge in [0.2, 0.25) is 0 Å². The molecule has 7 heteroatoms. The van der Waals surface area contributed by atoms with Crippen LogP contribution in [0.1, 0.15) is 5.56 Å². The lowest BCUT2D eigenvalue weighted by atomic mass is 10.2. The summed E-state index contributed by atoms with van der Waals surface area (Å²) in [7, 11) is 0. The fourth-order valence-electron chi connectivity index (χ4n) is 1.67. The van der Waals surface area contributed by atoms with Gasteiger partial charge in [-0.2, -0.15) is 13.2 Å². The van der Waals surface area contributed by atoms with Gasteiger partial charge in [-0.15, -0.1) is 0 Å². The molecule has 0 radical (unpaired) electrons. The van der Waals surface area contributed by atoms with Crippen LogP contribution in [0.25, 0.3) is 0 Å². The molecule has 3 N–H and O–H groups in total. The van der Waals surface area contributed by atoms with Crippen molar-refractivity contribution in [3.63, 3.8) is 0 Å². The molecule has 112 valence electrons. The third-order valence-electron chi connectivity index (χ3n) is 2.64. The smallest absolute Gasteiger partial charge is 0.446 e. The van der Waals surface area contributed by atoms with Crippen molar-refractivity contribution in [2.45, 2.75) is 16.9 Å². The summed E-state index contributed by atoms with van der Waals surface area (Å²) in [6, 6.07) is 10.0. The van der Waals surface area contributed by atoms with E-state index in [-0.39, 0.29) is 34.7 Å². The summed E-state index contributed by atoms with van der Waals surface area (Å²) in [5.41, 5.74) is -3.09. The summed E-state index contributed by atoms with van der Waals surface area (Å²) in [6.07, 6.45) is 0. The summed E-state index contributed by atoms with van der Waals surface area (Å²) in [4.78, 5) is 0.112. The summed E-state index contributed by atoms with van der Waals surface area (Å²) in [5, 5.41) is 21.8. The van der Waals surface area contributed by atoms with Crippen molar-refractivity contribution in [3.05, 3.63) is 48.0 Å². The van der Waals surface area contributed by atoms with E-state index in [1.165, 1.54) is 36.4 Å². The Morgan fingerprint density at radius 2 is 1.67 bits per heavy atom. The van der Waals surface area contributed by atoms with Gasteiger partial charge >= 0.3 is 5.51 Å². The van der Waals surface area contributed by atoms with Gasteiger partial charge in [-0.25, -0.2) is 0 Å². The van der Waals surface area contributed by atoms with Crippen molar-refractivity contribution in [2.75, 3.05) is 5.32 Å². The lowest BCUT2D eigenvalue weighted by molar-refractivity contribution is -0.0328. The van der Waals surface area contributed by atoms with E-state index < -0.39 is 5.51 Å². The van der Waals surface area contributed by atoms with Crippen LogP contribution < -0.4 is 5.32 Å². The number of alkyl halides is 3. The van der Waals surface area contributed by atoms with Crippen LogP contribution in [-0.4, -0.2) is 15.7 Å². The third-order valence-corrected chi connectivity index (χ3v) is 3.38. The number of thioether (sulfide) groups is 1. The molecule has 0 amide bonds. The lowest BCUT2D eigenvalue weighted by Crippen LogP contribution is -2.01. The molecule has 0 bridgehead atoms. The van der Waals surface area contributed by atoms with Crippen molar-refractivity contribution >= 4 is 17.4 Å². The van der Waals surface area contributed by atoms with Crippen LogP contribution in [0.4, 0.5) is 18.9 Å². The second-order valence-corrected chi connectivity index (χ2v) is 5.38. The molecule has 2 aromatic rings. The molecular weight excluding hydrogens is 303 g/mol. The van der Waals surface area contributed by atoms with Crippen LogP contribution in [-0.2, 0) is 6.54 Å². The number of rotatable bonds is 4. The number of benzene rings is 2. The van der Waals surface area contributed by atoms with Gasteiger partial charge in [-0.05, 0) is 48.2 Å². The predicted octanol–water partition coefficient (Wildman–Crippen LogP) is 4.32. The van der Waals surface area contributed by atoms with Crippen LogP contribution in [0.2, 0.25) is 0 Å². The van der Waals surface area contributed by atoms with E-state index >= 15 is 0 Å². The highest BCUT2D eigenvalue weighted by Crippen LogP contribution is 2.37. The Morgan fingerprint density at radius 3 is 2.24 bits per heavy atom. The molecule has 3 nitrogen and oxygen atoms in total. The van der Waals surface area contributed by atoms with E-state index in [2.05, 4.69) is 5.32 Å². The molecule has 0 saturated heterocycles. The largest absolute Gasteiger partial charge is 0.508 e.